The topological polar surface area (TPSA) is 90.0 Å². The number of allylic oxidation sites excluding steroid dienone is 14. The van der Waals surface area contributed by atoms with Crippen LogP contribution in [0.3, 0.4) is 0 Å². The minimum absolute atomic E-state index is 0.00251. The third-order valence-electron chi connectivity index (χ3n) is 4.33. The molecule has 0 N–H and O–H groups in total. The molecule has 4 aliphatic heterocycles. The van der Waals surface area contributed by atoms with Crippen LogP contribution in [0.1, 0.15) is 6.42 Å². The van der Waals surface area contributed by atoms with Crippen LogP contribution in [-0.2, 0) is 28.7 Å². The van der Waals surface area contributed by atoms with Gasteiger partial charge in [-0.1, -0.05) is 66.8 Å². The van der Waals surface area contributed by atoms with E-state index >= 15 is 0 Å². The Morgan fingerprint density at radius 3 is 2.22 bits per heavy atom. The summed E-state index contributed by atoms with van der Waals surface area (Å²) >= 11 is 0. The molecule has 1 unspecified atom stereocenters. The highest BCUT2D eigenvalue weighted by molar-refractivity contribution is 6.43. The Balaban J connectivity index is 1.83. The molecule has 7 heteroatoms. The number of ketones is 2. The molecule has 1 atom stereocenters. The van der Waals surface area contributed by atoms with Gasteiger partial charge >= 0.3 is 11.9 Å². The first-order chi connectivity index (χ1) is 15.6. The van der Waals surface area contributed by atoms with Crippen molar-refractivity contribution in [3.8, 4) is 0 Å². The van der Waals surface area contributed by atoms with Crippen molar-refractivity contribution in [1.82, 2.24) is 4.90 Å². The van der Waals surface area contributed by atoms with Gasteiger partial charge in [0.2, 0.25) is 0 Å². The Labute approximate surface area is 185 Å². The van der Waals surface area contributed by atoms with E-state index in [1.807, 2.05) is 0 Å². The van der Waals surface area contributed by atoms with E-state index in [0.29, 0.717) is 6.42 Å². The van der Waals surface area contributed by atoms with Crippen LogP contribution in [0.4, 0.5) is 0 Å². The van der Waals surface area contributed by atoms with Crippen molar-refractivity contribution in [3.63, 3.8) is 0 Å². The molecule has 0 saturated carbocycles. The summed E-state index contributed by atoms with van der Waals surface area (Å²) < 4.78 is 10.8. The number of esters is 1. The molecule has 1 amide bonds. The number of carbonyl (C=O) groups is 4. The fraction of sp³-hybridized carbons (Fsp3) is 0.120. The second kappa shape index (κ2) is 11.2. The number of hydrogen-bond acceptors (Lipinski definition) is 6. The van der Waals surface area contributed by atoms with Gasteiger partial charge in [-0.3, -0.25) is 19.3 Å². The second-order valence-corrected chi connectivity index (χ2v) is 6.61. The van der Waals surface area contributed by atoms with Gasteiger partial charge in [-0.15, -0.1) is 0 Å². The van der Waals surface area contributed by atoms with E-state index in [0.717, 1.165) is 4.90 Å². The molecular formula is C25H21NO6. The van der Waals surface area contributed by atoms with Gasteiger partial charge in [0.1, 0.15) is 5.70 Å². The second-order valence-electron chi connectivity index (χ2n) is 6.61. The van der Waals surface area contributed by atoms with Crippen LogP contribution in [-0.4, -0.2) is 41.2 Å². The first-order valence-electron chi connectivity index (χ1n) is 9.93. The summed E-state index contributed by atoms with van der Waals surface area (Å²) in [5, 5.41) is 0. The third kappa shape index (κ3) is 5.89. The molecular weight excluding hydrogens is 410 g/mol. The van der Waals surface area contributed by atoms with Crippen LogP contribution in [0.15, 0.2) is 109 Å². The number of fused-ring (bicyclic) bond motifs is 12. The van der Waals surface area contributed by atoms with Crippen LogP contribution in [0.5, 0.6) is 0 Å². The summed E-state index contributed by atoms with van der Waals surface area (Å²) in [7, 11) is 0. The minimum Gasteiger partial charge on any atom is -0.462 e. The maximum atomic E-state index is 12.6. The maximum Gasteiger partial charge on any atom is 0.355 e. The highest BCUT2D eigenvalue weighted by Gasteiger charge is 2.42. The van der Waals surface area contributed by atoms with Gasteiger partial charge in [0, 0.05) is 0 Å². The van der Waals surface area contributed by atoms with Crippen molar-refractivity contribution in [3.05, 3.63) is 109 Å². The molecule has 0 aromatic heterocycles. The fourth-order valence-corrected chi connectivity index (χ4v) is 2.83. The number of hydrogen-bond donors (Lipinski definition) is 0. The molecule has 1 saturated heterocycles. The monoisotopic (exact) mass is 431 g/mol. The molecule has 4 aliphatic rings. The number of Topliss-reactive ketones (excluding diaryl/α,β-unsaturated/α-hetero) is 1. The molecule has 0 aliphatic carbocycles. The van der Waals surface area contributed by atoms with Crippen molar-refractivity contribution in [2.75, 3.05) is 6.61 Å². The van der Waals surface area contributed by atoms with Crippen molar-refractivity contribution < 1.29 is 28.7 Å². The summed E-state index contributed by atoms with van der Waals surface area (Å²) in [6.45, 7) is 0.00251. The normalized spacial score (nSPS) is 29.6. The lowest BCUT2D eigenvalue weighted by Gasteiger charge is -2.36. The molecule has 0 spiro atoms. The zero-order valence-electron chi connectivity index (χ0n) is 17.1. The molecule has 32 heavy (non-hydrogen) atoms. The van der Waals surface area contributed by atoms with E-state index in [1.54, 1.807) is 72.9 Å². The Morgan fingerprint density at radius 1 is 0.781 bits per heavy atom. The standard InChI is InChI=1S/C25H21NO6/c27-19-13-8-6-4-2-1-3-5-7-9-16-21-23(28)24(29)26-20(15-12-17-22(26)32-21)25(30)31-18-11-10-14-19/h1-10,12-17,22H,11,18H2/b2-1-,5-3-,6-4-,9-7-,13-8-,14-10-,21-16+. The SMILES string of the molecule is O=C1\C=C/C=C\C=C/C=C\C=C/C=C2/OC3C=CC=C(C(=O)OCC/C=C\1)N3C(=O)C2=O. The zero-order valence-corrected chi connectivity index (χ0v) is 17.1. The van der Waals surface area contributed by atoms with Crippen molar-refractivity contribution in [2.24, 2.45) is 0 Å². The average molecular weight is 431 g/mol. The molecule has 0 radical (unpaired) electrons. The van der Waals surface area contributed by atoms with Crippen molar-refractivity contribution in [1.29, 1.82) is 0 Å². The Bertz CT molecular complexity index is 1060. The lowest BCUT2D eigenvalue weighted by molar-refractivity contribution is -0.159. The highest BCUT2D eigenvalue weighted by Crippen LogP contribution is 2.26. The van der Waals surface area contributed by atoms with Crippen molar-refractivity contribution in [2.45, 2.75) is 12.6 Å². The van der Waals surface area contributed by atoms with Crippen LogP contribution in [0.25, 0.3) is 0 Å². The molecule has 4 heterocycles. The van der Waals surface area contributed by atoms with E-state index < -0.39 is 23.9 Å². The summed E-state index contributed by atoms with van der Waals surface area (Å²) in [6.07, 6.45) is 25.1. The van der Waals surface area contributed by atoms with Gasteiger partial charge in [0.15, 0.2) is 17.8 Å². The molecule has 1 fully saturated rings. The van der Waals surface area contributed by atoms with E-state index in [1.165, 1.54) is 24.3 Å². The Morgan fingerprint density at radius 2 is 1.47 bits per heavy atom. The van der Waals surface area contributed by atoms with Gasteiger partial charge in [0.05, 0.1) is 6.61 Å². The number of carbonyl (C=O) groups excluding carboxylic acids is 4. The van der Waals surface area contributed by atoms with Crippen LogP contribution >= 0.6 is 0 Å². The van der Waals surface area contributed by atoms with Gasteiger partial charge in [-0.25, -0.2) is 4.79 Å². The molecule has 4 rings (SSSR count). The summed E-state index contributed by atoms with van der Waals surface area (Å²) in [5.41, 5.74) is -0.0895. The number of amides is 1. The first kappa shape index (κ1) is 22.4. The Hall–Kier alpha value is -4.26. The van der Waals surface area contributed by atoms with Crippen LogP contribution < -0.4 is 0 Å². The molecule has 7 nitrogen and oxygen atoms in total. The smallest absolute Gasteiger partial charge is 0.355 e. The largest absolute Gasteiger partial charge is 0.462 e. The predicted octanol–water partition coefficient (Wildman–Crippen LogP) is 2.93. The zero-order chi connectivity index (χ0) is 22.8. The average Bonchev–Trinajstić information content (AvgIpc) is 2.79. The summed E-state index contributed by atoms with van der Waals surface area (Å²) in [6, 6.07) is 0. The lowest BCUT2D eigenvalue weighted by atomic mass is 10.1. The van der Waals surface area contributed by atoms with E-state index in [4.69, 9.17) is 9.47 Å². The van der Waals surface area contributed by atoms with Gasteiger partial charge in [-0.05, 0) is 36.8 Å². The first-order valence-corrected chi connectivity index (χ1v) is 9.93. The summed E-state index contributed by atoms with van der Waals surface area (Å²) in [4.78, 5) is 50.3. The van der Waals surface area contributed by atoms with Crippen molar-refractivity contribution >= 4 is 23.4 Å². The summed E-state index contributed by atoms with van der Waals surface area (Å²) in [5.74, 6) is -2.82. The highest BCUT2D eigenvalue weighted by atomic mass is 16.5. The van der Waals surface area contributed by atoms with Crippen LogP contribution in [0.2, 0.25) is 0 Å². The third-order valence-corrected chi connectivity index (χ3v) is 4.33. The number of ether oxygens (including phenoxy) is 2. The van der Waals surface area contributed by atoms with E-state index in [-0.39, 0.29) is 23.8 Å². The lowest BCUT2D eigenvalue weighted by Crippen LogP contribution is -2.51. The van der Waals surface area contributed by atoms with E-state index in [2.05, 4.69) is 0 Å². The van der Waals surface area contributed by atoms with Gasteiger partial charge < -0.3 is 9.47 Å². The maximum absolute atomic E-state index is 12.6. The number of nitrogens with zero attached hydrogens (tertiary/aromatic N) is 1. The predicted molar refractivity (Wildman–Crippen MR) is 117 cm³/mol. The van der Waals surface area contributed by atoms with Gasteiger partial charge in [0.25, 0.3) is 5.78 Å². The molecule has 4 bridgehead atoms. The number of rotatable bonds is 0. The van der Waals surface area contributed by atoms with E-state index in [9.17, 15) is 19.2 Å². The molecule has 0 aromatic rings. The minimum atomic E-state index is -0.927. The Kier molecular flexibility index (Phi) is 7.86. The fourth-order valence-electron chi connectivity index (χ4n) is 2.83. The molecule has 0 aromatic carbocycles. The quantitative estimate of drug-likeness (QED) is 0.433. The molecule has 162 valence electrons. The van der Waals surface area contributed by atoms with Crippen LogP contribution in [0, 0.1) is 0 Å². The van der Waals surface area contributed by atoms with Gasteiger partial charge in [-0.2, -0.15) is 0 Å².